The van der Waals surface area contributed by atoms with E-state index < -0.39 is 0 Å². The highest BCUT2D eigenvalue weighted by Gasteiger charge is 2.30. The van der Waals surface area contributed by atoms with Crippen LogP contribution in [0.15, 0.2) is 59.1 Å². The Labute approximate surface area is 168 Å². The van der Waals surface area contributed by atoms with Gasteiger partial charge in [-0.15, -0.1) is 0 Å². The number of carbonyl (C=O) groups excluding carboxylic acids is 1. The van der Waals surface area contributed by atoms with Crippen LogP contribution in [-0.4, -0.2) is 27.9 Å². The van der Waals surface area contributed by atoms with Crippen LogP contribution in [-0.2, 0) is 0 Å². The molecule has 0 spiro atoms. The zero-order valence-electron chi connectivity index (χ0n) is 15.7. The van der Waals surface area contributed by atoms with E-state index in [1.807, 2.05) is 54.6 Å². The highest BCUT2D eigenvalue weighted by Crippen LogP contribution is 2.30. The van der Waals surface area contributed by atoms with E-state index in [4.69, 9.17) is 4.98 Å². The van der Waals surface area contributed by atoms with Crippen LogP contribution in [0.25, 0.3) is 22.2 Å². The Morgan fingerprint density at radius 1 is 1.04 bits per heavy atom. The number of halogens is 1. The fourth-order valence-corrected chi connectivity index (χ4v) is 4.35. The van der Waals surface area contributed by atoms with Gasteiger partial charge in [-0.2, -0.15) is 0 Å². The number of benzene rings is 2. The maximum Gasteiger partial charge on any atom is 0.255 e. The van der Waals surface area contributed by atoms with Crippen LogP contribution in [0.3, 0.4) is 0 Å². The average molecular weight is 423 g/mol. The molecule has 4 heteroatoms. The van der Waals surface area contributed by atoms with Gasteiger partial charge in [0.25, 0.3) is 5.91 Å². The van der Waals surface area contributed by atoms with Gasteiger partial charge < -0.3 is 4.90 Å². The van der Waals surface area contributed by atoms with Crippen molar-refractivity contribution < 1.29 is 4.79 Å². The Hall–Kier alpha value is -2.20. The predicted molar refractivity (Wildman–Crippen MR) is 114 cm³/mol. The zero-order valence-corrected chi connectivity index (χ0v) is 17.2. The van der Waals surface area contributed by atoms with Crippen molar-refractivity contribution in [1.82, 2.24) is 9.88 Å². The molecule has 1 aliphatic heterocycles. The molecule has 27 heavy (non-hydrogen) atoms. The van der Waals surface area contributed by atoms with Crippen molar-refractivity contribution in [2.75, 3.05) is 0 Å². The lowest BCUT2D eigenvalue weighted by molar-refractivity contribution is 0.0513. The van der Waals surface area contributed by atoms with Crippen molar-refractivity contribution in [1.29, 1.82) is 0 Å². The van der Waals surface area contributed by atoms with E-state index in [1.165, 1.54) is 6.42 Å². The molecule has 3 aromatic rings. The SMILES string of the molecule is C[C@H]1CCC[C@H](C)N1C(=O)c1cc(-c2ccc(Br)cc2)nc2ccccc12. The molecule has 0 aliphatic carbocycles. The lowest BCUT2D eigenvalue weighted by Crippen LogP contribution is -2.47. The van der Waals surface area contributed by atoms with E-state index in [1.54, 1.807) is 0 Å². The highest BCUT2D eigenvalue weighted by atomic mass is 79.9. The molecule has 1 saturated heterocycles. The van der Waals surface area contributed by atoms with Crippen LogP contribution in [0, 0.1) is 0 Å². The number of rotatable bonds is 2. The van der Waals surface area contributed by atoms with Gasteiger partial charge in [0.2, 0.25) is 0 Å². The monoisotopic (exact) mass is 422 g/mol. The molecular formula is C23H23BrN2O. The number of aromatic nitrogens is 1. The van der Waals surface area contributed by atoms with Gasteiger partial charge in [0.15, 0.2) is 0 Å². The van der Waals surface area contributed by atoms with E-state index in [2.05, 4.69) is 34.7 Å². The minimum Gasteiger partial charge on any atom is -0.333 e. The van der Waals surface area contributed by atoms with E-state index >= 15 is 0 Å². The first kappa shape index (κ1) is 18.2. The summed E-state index contributed by atoms with van der Waals surface area (Å²) in [4.78, 5) is 20.4. The second kappa shape index (κ2) is 7.43. The molecule has 0 bridgehead atoms. The summed E-state index contributed by atoms with van der Waals surface area (Å²) in [5, 5.41) is 0.924. The molecule has 1 aromatic heterocycles. The lowest BCUT2D eigenvalue weighted by atomic mass is 9.95. The lowest BCUT2D eigenvalue weighted by Gasteiger charge is -2.39. The van der Waals surface area contributed by atoms with Crippen molar-refractivity contribution in [2.24, 2.45) is 0 Å². The third-order valence-corrected chi connectivity index (χ3v) is 6.04. The smallest absolute Gasteiger partial charge is 0.255 e. The van der Waals surface area contributed by atoms with Crippen LogP contribution >= 0.6 is 15.9 Å². The first-order valence-electron chi connectivity index (χ1n) is 9.53. The van der Waals surface area contributed by atoms with Gasteiger partial charge in [0, 0.05) is 27.5 Å². The zero-order chi connectivity index (χ0) is 19.0. The number of piperidine rings is 1. The normalized spacial score (nSPS) is 20.0. The molecule has 138 valence electrons. The summed E-state index contributed by atoms with van der Waals surface area (Å²) in [7, 11) is 0. The largest absolute Gasteiger partial charge is 0.333 e. The van der Waals surface area contributed by atoms with Gasteiger partial charge in [-0.25, -0.2) is 4.98 Å². The molecule has 0 saturated carbocycles. The van der Waals surface area contributed by atoms with Crippen molar-refractivity contribution in [3.63, 3.8) is 0 Å². The number of nitrogens with zero attached hydrogens (tertiary/aromatic N) is 2. The van der Waals surface area contributed by atoms with Crippen molar-refractivity contribution in [3.05, 3.63) is 64.6 Å². The molecule has 2 heterocycles. The van der Waals surface area contributed by atoms with Gasteiger partial charge in [-0.05, 0) is 57.4 Å². The van der Waals surface area contributed by atoms with Crippen LogP contribution in [0.4, 0.5) is 0 Å². The van der Waals surface area contributed by atoms with Crippen LogP contribution < -0.4 is 0 Å². The number of fused-ring (bicyclic) bond motifs is 1. The third kappa shape index (κ3) is 3.51. The molecular weight excluding hydrogens is 400 g/mol. The minimum absolute atomic E-state index is 0.117. The molecule has 3 nitrogen and oxygen atoms in total. The number of hydrogen-bond donors (Lipinski definition) is 0. The fraction of sp³-hybridized carbons (Fsp3) is 0.304. The van der Waals surface area contributed by atoms with Crippen molar-refractivity contribution in [3.8, 4) is 11.3 Å². The molecule has 1 fully saturated rings. The summed E-state index contributed by atoms with van der Waals surface area (Å²) >= 11 is 3.48. The van der Waals surface area contributed by atoms with Gasteiger partial charge in [0.05, 0.1) is 16.8 Å². The maximum atomic E-state index is 13.6. The Kier molecular flexibility index (Phi) is 5.00. The quantitative estimate of drug-likeness (QED) is 0.502. The molecule has 2 atom stereocenters. The Morgan fingerprint density at radius 3 is 2.41 bits per heavy atom. The number of hydrogen-bond acceptors (Lipinski definition) is 2. The Morgan fingerprint density at radius 2 is 1.70 bits per heavy atom. The van der Waals surface area contributed by atoms with E-state index in [0.717, 1.165) is 45.0 Å². The summed E-state index contributed by atoms with van der Waals surface area (Å²) in [5.41, 5.74) is 3.46. The summed E-state index contributed by atoms with van der Waals surface area (Å²) < 4.78 is 1.03. The van der Waals surface area contributed by atoms with Crippen LogP contribution in [0.2, 0.25) is 0 Å². The van der Waals surface area contributed by atoms with Crippen LogP contribution in [0.5, 0.6) is 0 Å². The molecule has 0 radical (unpaired) electrons. The minimum atomic E-state index is 0.117. The highest BCUT2D eigenvalue weighted by molar-refractivity contribution is 9.10. The number of carbonyl (C=O) groups is 1. The first-order valence-corrected chi connectivity index (χ1v) is 10.3. The first-order chi connectivity index (χ1) is 13.0. The number of pyridine rings is 1. The Balaban J connectivity index is 1.85. The molecule has 0 unspecified atom stereocenters. The van der Waals surface area contributed by atoms with Crippen LogP contribution in [0.1, 0.15) is 43.5 Å². The second-order valence-corrected chi connectivity index (χ2v) is 8.34. The number of likely N-dealkylation sites (tertiary alicyclic amines) is 1. The van der Waals surface area contributed by atoms with E-state index in [0.29, 0.717) is 0 Å². The predicted octanol–water partition coefficient (Wildman–Crippen LogP) is 6.07. The molecule has 1 amide bonds. The molecule has 2 aromatic carbocycles. The number of amides is 1. The summed E-state index contributed by atoms with van der Waals surface area (Å²) in [6.07, 6.45) is 3.32. The number of para-hydroxylation sites is 1. The molecule has 0 N–H and O–H groups in total. The molecule has 1 aliphatic rings. The maximum absolute atomic E-state index is 13.6. The van der Waals surface area contributed by atoms with E-state index in [-0.39, 0.29) is 18.0 Å². The Bertz CT molecular complexity index is 973. The topological polar surface area (TPSA) is 33.2 Å². The van der Waals surface area contributed by atoms with Crippen molar-refractivity contribution in [2.45, 2.75) is 45.2 Å². The van der Waals surface area contributed by atoms with Gasteiger partial charge >= 0.3 is 0 Å². The average Bonchev–Trinajstić information content (AvgIpc) is 2.67. The van der Waals surface area contributed by atoms with Crippen molar-refractivity contribution >= 4 is 32.7 Å². The fourth-order valence-electron chi connectivity index (χ4n) is 4.08. The third-order valence-electron chi connectivity index (χ3n) is 5.51. The van der Waals surface area contributed by atoms with Gasteiger partial charge in [-0.3, -0.25) is 4.79 Å². The summed E-state index contributed by atoms with van der Waals surface area (Å²) in [6, 6.07) is 18.5. The standard InChI is InChI=1S/C23H23BrN2O/c1-15-6-5-7-16(2)26(15)23(27)20-14-22(17-10-12-18(24)13-11-17)25-21-9-4-3-8-19(20)21/h3-4,8-16H,5-7H2,1-2H3/t15-,16-/m0/s1. The summed E-state index contributed by atoms with van der Waals surface area (Å²) in [6.45, 7) is 4.32. The molecule has 4 rings (SSSR count). The summed E-state index contributed by atoms with van der Waals surface area (Å²) in [5.74, 6) is 0.117. The van der Waals surface area contributed by atoms with Gasteiger partial charge in [0.1, 0.15) is 0 Å². The van der Waals surface area contributed by atoms with Gasteiger partial charge in [-0.1, -0.05) is 46.3 Å². The second-order valence-electron chi connectivity index (χ2n) is 7.42. The van der Waals surface area contributed by atoms with E-state index in [9.17, 15) is 4.79 Å².